The second kappa shape index (κ2) is 5.07. The number of rotatable bonds is 2. The van der Waals surface area contributed by atoms with Crippen LogP contribution in [0.15, 0.2) is 34.1 Å². The Hall–Kier alpha value is -2.01. The van der Waals surface area contributed by atoms with E-state index in [0.717, 1.165) is 11.1 Å². The highest BCUT2D eigenvalue weighted by atomic mass is 32.2. The van der Waals surface area contributed by atoms with Gasteiger partial charge in [-0.2, -0.15) is 0 Å². The molecule has 21 heavy (non-hydrogen) atoms. The molecule has 112 valence electrons. The lowest BCUT2D eigenvalue weighted by molar-refractivity contribution is 0.451. The van der Waals surface area contributed by atoms with Crippen LogP contribution in [-0.2, 0) is 9.84 Å². The zero-order valence-corrected chi connectivity index (χ0v) is 13.2. The summed E-state index contributed by atoms with van der Waals surface area (Å²) < 4.78 is 25.7. The number of hydrogen-bond acceptors (Lipinski definition) is 4. The fraction of sp³-hybridized carbons (Fsp3) is 0.250. The molecule has 4 nitrogen and oxygen atoms in total. The molecule has 0 bridgehead atoms. The molecule has 0 saturated heterocycles. The minimum atomic E-state index is -4.00. The Morgan fingerprint density at radius 1 is 0.810 bits per heavy atom. The summed E-state index contributed by atoms with van der Waals surface area (Å²) in [4.78, 5) is -0.304. The zero-order valence-electron chi connectivity index (χ0n) is 12.4. The molecule has 0 aliphatic carbocycles. The van der Waals surface area contributed by atoms with Crippen LogP contribution >= 0.6 is 0 Å². The van der Waals surface area contributed by atoms with E-state index in [4.69, 9.17) is 0 Å². The zero-order chi connectivity index (χ0) is 15.9. The van der Waals surface area contributed by atoms with Gasteiger partial charge in [0.25, 0.3) is 0 Å². The highest BCUT2D eigenvalue weighted by Crippen LogP contribution is 2.38. The van der Waals surface area contributed by atoms with Crippen molar-refractivity contribution in [3.8, 4) is 11.5 Å². The normalized spacial score (nSPS) is 11.6. The highest BCUT2D eigenvalue weighted by molar-refractivity contribution is 7.91. The Kier molecular flexibility index (Phi) is 3.72. The molecular weight excluding hydrogens is 288 g/mol. The Balaban J connectivity index is 2.85. The summed E-state index contributed by atoms with van der Waals surface area (Å²) in [6.07, 6.45) is 0. The quantitative estimate of drug-likeness (QED) is 0.893. The standard InChI is InChI=1S/C16H18O4S/c1-9-7-11(3)15(14(18)8-9)21(19,20)16-12(4)10(2)5-6-13(16)17/h5-8,17-18H,1-4H3. The topological polar surface area (TPSA) is 74.6 Å². The van der Waals surface area contributed by atoms with Gasteiger partial charge in [-0.25, -0.2) is 8.42 Å². The summed E-state index contributed by atoms with van der Waals surface area (Å²) in [6.45, 7) is 6.82. The minimum Gasteiger partial charge on any atom is -0.507 e. The van der Waals surface area contributed by atoms with Crippen LogP contribution in [0.1, 0.15) is 22.3 Å². The molecule has 0 heterocycles. The van der Waals surface area contributed by atoms with E-state index in [0.29, 0.717) is 11.1 Å². The van der Waals surface area contributed by atoms with Gasteiger partial charge in [0.1, 0.15) is 21.3 Å². The molecule has 0 atom stereocenters. The van der Waals surface area contributed by atoms with E-state index >= 15 is 0 Å². The largest absolute Gasteiger partial charge is 0.507 e. The van der Waals surface area contributed by atoms with E-state index in [1.807, 2.05) is 0 Å². The third-order valence-corrected chi connectivity index (χ3v) is 5.71. The maximum absolute atomic E-state index is 12.9. The predicted octanol–water partition coefficient (Wildman–Crippen LogP) is 3.16. The summed E-state index contributed by atoms with van der Waals surface area (Å²) in [6, 6.07) is 6.11. The Bertz CT molecular complexity index is 797. The Labute approximate surface area is 124 Å². The van der Waals surface area contributed by atoms with Gasteiger partial charge in [-0.05, 0) is 62.1 Å². The fourth-order valence-corrected chi connectivity index (χ4v) is 4.43. The Morgan fingerprint density at radius 2 is 1.43 bits per heavy atom. The van der Waals surface area contributed by atoms with Crippen LogP contribution in [0, 0.1) is 27.7 Å². The van der Waals surface area contributed by atoms with Crippen molar-refractivity contribution >= 4 is 9.84 Å². The maximum atomic E-state index is 12.9. The van der Waals surface area contributed by atoms with Gasteiger partial charge in [0.15, 0.2) is 0 Å². The number of sulfone groups is 1. The van der Waals surface area contributed by atoms with E-state index < -0.39 is 9.84 Å². The van der Waals surface area contributed by atoms with Gasteiger partial charge in [-0.3, -0.25) is 0 Å². The molecule has 0 fully saturated rings. The van der Waals surface area contributed by atoms with Crippen LogP contribution < -0.4 is 0 Å². The molecule has 2 N–H and O–H groups in total. The lowest BCUT2D eigenvalue weighted by Crippen LogP contribution is -2.08. The van der Waals surface area contributed by atoms with Crippen molar-refractivity contribution in [1.82, 2.24) is 0 Å². The van der Waals surface area contributed by atoms with Crippen LogP contribution in [0.4, 0.5) is 0 Å². The van der Waals surface area contributed by atoms with Crippen LogP contribution in [0.5, 0.6) is 11.5 Å². The molecular formula is C16H18O4S. The molecule has 0 amide bonds. The van der Waals surface area contributed by atoms with Gasteiger partial charge < -0.3 is 10.2 Å². The molecule has 2 rings (SSSR count). The number of phenolic OH excluding ortho intramolecular Hbond substituents is 2. The first-order valence-corrected chi connectivity index (χ1v) is 7.99. The van der Waals surface area contributed by atoms with Gasteiger partial charge in [0, 0.05) is 0 Å². The number of aryl methyl sites for hydroxylation is 3. The first-order valence-electron chi connectivity index (χ1n) is 6.50. The van der Waals surface area contributed by atoms with Crippen LogP contribution in [0.25, 0.3) is 0 Å². The van der Waals surface area contributed by atoms with Crippen molar-refractivity contribution in [1.29, 1.82) is 0 Å². The van der Waals surface area contributed by atoms with E-state index in [2.05, 4.69) is 0 Å². The number of phenols is 2. The summed E-state index contributed by atoms with van der Waals surface area (Å²) in [7, 11) is -4.00. The molecule has 2 aromatic rings. The molecule has 0 aliphatic heterocycles. The number of hydrogen-bond donors (Lipinski definition) is 2. The summed E-state index contributed by atoms with van der Waals surface area (Å²) in [5.41, 5.74) is 2.46. The molecule has 2 aromatic carbocycles. The first kappa shape index (κ1) is 15.4. The second-order valence-corrected chi connectivity index (χ2v) is 7.11. The third-order valence-electron chi connectivity index (χ3n) is 3.59. The third kappa shape index (κ3) is 2.49. The lowest BCUT2D eigenvalue weighted by atomic mass is 10.1. The van der Waals surface area contributed by atoms with Crippen molar-refractivity contribution < 1.29 is 18.6 Å². The predicted molar refractivity (Wildman–Crippen MR) is 80.6 cm³/mol. The number of benzene rings is 2. The van der Waals surface area contributed by atoms with Gasteiger partial charge in [0.2, 0.25) is 9.84 Å². The first-order chi connectivity index (χ1) is 9.66. The summed E-state index contributed by atoms with van der Waals surface area (Å²) >= 11 is 0. The lowest BCUT2D eigenvalue weighted by Gasteiger charge is -2.15. The summed E-state index contributed by atoms with van der Waals surface area (Å²) in [5.74, 6) is -0.606. The minimum absolute atomic E-state index is 0.148. The SMILES string of the molecule is Cc1cc(C)c(S(=O)(=O)c2c(O)ccc(C)c2C)c(O)c1. The van der Waals surface area contributed by atoms with Crippen LogP contribution in [0.2, 0.25) is 0 Å². The molecule has 0 saturated carbocycles. The summed E-state index contributed by atoms with van der Waals surface area (Å²) in [5, 5.41) is 20.0. The van der Waals surface area contributed by atoms with Crippen LogP contribution in [0.3, 0.4) is 0 Å². The number of aromatic hydroxyl groups is 2. The average molecular weight is 306 g/mol. The van der Waals surface area contributed by atoms with Crippen molar-refractivity contribution in [2.45, 2.75) is 37.5 Å². The average Bonchev–Trinajstić information content (AvgIpc) is 2.32. The second-order valence-electron chi connectivity index (χ2n) is 5.29. The smallest absolute Gasteiger partial charge is 0.214 e. The molecule has 0 aliphatic rings. The molecule has 0 spiro atoms. The van der Waals surface area contributed by atoms with Crippen LogP contribution in [-0.4, -0.2) is 18.6 Å². The molecule has 0 aromatic heterocycles. The molecule has 0 unspecified atom stereocenters. The van der Waals surface area contributed by atoms with Crippen molar-refractivity contribution in [3.05, 3.63) is 46.5 Å². The monoisotopic (exact) mass is 306 g/mol. The van der Waals surface area contributed by atoms with E-state index in [-0.39, 0.29) is 21.3 Å². The van der Waals surface area contributed by atoms with E-state index in [9.17, 15) is 18.6 Å². The van der Waals surface area contributed by atoms with Crippen molar-refractivity contribution in [2.24, 2.45) is 0 Å². The highest BCUT2D eigenvalue weighted by Gasteiger charge is 2.29. The van der Waals surface area contributed by atoms with E-state index in [1.165, 1.54) is 12.1 Å². The maximum Gasteiger partial charge on any atom is 0.214 e. The van der Waals surface area contributed by atoms with E-state index in [1.54, 1.807) is 39.8 Å². The van der Waals surface area contributed by atoms with Crippen molar-refractivity contribution in [2.75, 3.05) is 0 Å². The molecule has 5 heteroatoms. The molecule has 0 radical (unpaired) electrons. The van der Waals surface area contributed by atoms with Gasteiger partial charge in [0.05, 0.1) is 0 Å². The Morgan fingerprint density at radius 3 is 2.00 bits per heavy atom. The van der Waals surface area contributed by atoms with Gasteiger partial charge in [-0.15, -0.1) is 0 Å². The van der Waals surface area contributed by atoms with Gasteiger partial charge in [-0.1, -0.05) is 12.1 Å². The van der Waals surface area contributed by atoms with Gasteiger partial charge >= 0.3 is 0 Å². The fourth-order valence-electron chi connectivity index (χ4n) is 2.50. The van der Waals surface area contributed by atoms with Crippen molar-refractivity contribution in [3.63, 3.8) is 0 Å².